The van der Waals surface area contributed by atoms with E-state index in [-0.39, 0.29) is 23.5 Å². The molecule has 0 saturated heterocycles. The highest BCUT2D eigenvalue weighted by atomic mass is 32.2. The maximum Gasteiger partial charge on any atom is 0.232 e. The SMILES string of the molecule is CC(SCc1ccccc1)C(=O)NCC(O)c1ccc(F)cc1. The van der Waals surface area contributed by atoms with Gasteiger partial charge in [0.25, 0.3) is 0 Å². The molecule has 2 rings (SSSR count). The largest absolute Gasteiger partial charge is 0.387 e. The molecule has 0 spiro atoms. The molecule has 0 aromatic heterocycles. The highest BCUT2D eigenvalue weighted by molar-refractivity contribution is 7.99. The molecule has 5 heteroatoms. The van der Waals surface area contributed by atoms with E-state index in [0.29, 0.717) is 5.56 Å². The zero-order chi connectivity index (χ0) is 16.7. The van der Waals surface area contributed by atoms with E-state index in [0.717, 1.165) is 5.75 Å². The zero-order valence-electron chi connectivity index (χ0n) is 12.9. The molecule has 2 unspecified atom stereocenters. The zero-order valence-corrected chi connectivity index (χ0v) is 13.7. The summed E-state index contributed by atoms with van der Waals surface area (Å²) in [7, 11) is 0. The number of rotatable bonds is 7. The summed E-state index contributed by atoms with van der Waals surface area (Å²) in [6.07, 6.45) is -0.842. The number of hydrogen-bond acceptors (Lipinski definition) is 3. The summed E-state index contributed by atoms with van der Waals surface area (Å²) in [5.41, 5.74) is 1.75. The molecular formula is C18H20FNO2S. The Balaban J connectivity index is 1.76. The van der Waals surface area contributed by atoms with Crippen LogP contribution in [0.25, 0.3) is 0 Å². The average molecular weight is 333 g/mol. The van der Waals surface area contributed by atoms with Crippen LogP contribution in [0.1, 0.15) is 24.2 Å². The van der Waals surface area contributed by atoms with Crippen molar-refractivity contribution >= 4 is 17.7 Å². The van der Waals surface area contributed by atoms with Gasteiger partial charge in [0.15, 0.2) is 0 Å². The van der Waals surface area contributed by atoms with Gasteiger partial charge in [-0.1, -0.05) is 42.5 Å². The van der Waals surface area contributed by atoms with E-state index in [4.69, 9.17) is 0 Å². The summed E-state index contributed by atoms with van der Waals surface area (Å²) in [6, 6.07) is 15.6. The van der Waals surface area contributed by atoms with Crippen molar-refractivity contribution in [2.45, 2.75) is 24.0 Å². The van der Waals surface area contributed by atoms with Crippen LogP contribution in [0, 0.1) is 5.82 Å². The van der Waals surface area contributed by atoms with Crippen LogP contribution in [-0.2, 0) is 10.5 Å². The molecule has 0 aliphatic carbocycles. The van der Waals surface area contributed by atoms with Crippen molar-refractivity contribution in [2.24, 2.45) is 0 Å². The van der Waals surface area contributed by atoms with E-state index >= 15 is 0 Å². The molecule has 0 fully saturated rings. The van der Waals surface area contributed by atoms with Crippen LogP contribution in [0.5, 0.6) is 0 Å². The van der Waals surface area contributed by atoms with E-state index < -0.39 is 6.10 Å². The lowest BCUT2D eigenvalue weighted by molar-refractivity contribution is -0.120. The number of aliphatic hydroxyl groups excluding tert-OH is 1. The van der Waals surface area contributed by atoms with Crippen molar-refractivity contribution in [1.82, 2.24) is 5.32 Å². The second-order valence-electron chi connectivity index (χ2n) is 5.25. The third kappa shape index (κ3) is 5.69. The number of nitrogens with one attached hydrogen (secondary N) is 1. The highest BCUT2D eigenvalue weighted by Gasteiger charge is 2.15. The Hall–Kier alpha value is -1.85. The normalized spacial score (nSPS) is 13.3. The molecule has 1 amide bonds. The van der Waals surface area contributed by atoms with Crippen molar-refractivity contribution in [1.29, 1.82) is 0 Å². The molecule has 0 bridgehead atoms. The molecular weight excluding hydrogens is 313 g/mol. The Kier molecular flexibility index (Phi) is 6.62. The Bertz CT molecular complexity index is 619. The molecule has 23 heavy (non-hydrogen) atoms. The van der Waals surface area contributed by atoms with Crippen LogP contribution in [-0.4, -0.2) is 22.8 Å². The minimum atomic E-state index is -0.842. The average Bonchev–Trinajstić information content (AvgIpc) is 2.58. The molecule has 0 saturated carbocycles. The fourth-order valence-corrected chi connectivity index (χ4v) is 2.88. The lowest BCUT2D eigenvalue weighted by Gasteiger charge is -2.15. The minimum absolute atomic E-state index is 0.112. The number of halogens is 1. The summed E-state index contributed by atoms with van der Waals surface area (Å²) in [4.78, 5) is 12.1. The van der Waals surface area contributed by atoms with E-state index in [9.17, 15) is 14.3 Å². The summed E-state index contributed by atoms with van der Waals surface area (Å²) in [5, 5.41) is 12.5. The molecule has 0 aliphatic rings. The first-order chi connectivity index (χ1) is 11.1. The molecule has 122 valence electrons. The van der Waals surface area contributed by atoms with Gasteiger partial charge in [0.1, 0.15) is 5.82 Å². The first-order valence-electron chi connectivity index (χ1n) is 7.43. The first kappa shape index (κ1) is 17.5. The van der Waals surface area contributed by atoms with E-state index in [1.54, 1.807) is 11.8 Å². The van der Waals surface area contributed by atoms with Gasteiger partial charge in [-0.25, -0.2) is 4.39 Å². The maximum atomic E-state index is 12.8. The number of aliphatic hydroxyl groups is 1. The number of thioether (sulfide) groups is 1. The molecule has 3 nitrogen and oxygen atoms in total. The van der Waals surface area contributed by atoms with Crippen LogP contribution in [0.2, 0.25) is 0 Å². The fraction of sp³-hybridized carbons (Fsp3) is 0.278. The Morgan fingerprint density at radius 1 is 1.17 bits per heavy atom. The summed E-state index contributed by atoms with van der Waals surface area (Å²) in [5.74, 6) is 0.290. The molecule has 0 aliphatic heterocycles. The molecule has 0 radical (unpaired) electrons. The standard InChI is InChI=1S/C18H20FNO2S/c1-13(23-12-14-5-3-2-4-6-14)18(22)20-11-17(21)15-7-9-16(19)10-8-15/h2-10,13,17,21H,11-12H2,1H3,(H,20,22). The van der Waals surface area contributed by atoms with Gasteiger partial charge in [-0.15, -0.1) is 11.8 Å². The van der Waals surface area contributed by atoms with Gasteiger partial charge in [-0.05, 0) is 30.2 Å². The molecule has 2 N–H and O–H groups in total. The second kappa shape index (κ2) is 8.70. The fourth-order valence-electron chi connectivity index (χ4n) is 2.01. The Labute approximate surface area is 139 Å². The van der Waals surface area contributed by atoms with Gasteiger partial charge < -0.3 is 10.4 Å². The van der Waals surface area contributed by atoms with Crippen molar-refractivity contribution in [3.05, 3.63) is 71.5 Å². The van der Waals surface area contributed by atoms with Crippen molar-refractivity contribution in [3.63, 3.8) is 0 Å². The number of amides is 1. The van der Waals surface area contributed by atoms with Crippen LogP contribution < -0.4 is 5.32 Å². The number of hydrogen-bond donors (Lipinski definition) is 2. The summed E-state index contributed by atoms with van der Waals surface area (Å²) >= 11 is 1.54. The van der Waals surface area contributed by atoms with E-state index in [1.165, 1.54) is 29.8 Å². The van der Waals surface area contributed by atoms with Crippen molar-refractivity contribution in [3.8, 4) is 0 Å². The van der Waals surface area contributed by atoms with Gasteiger partial charge in [0, 0.05) is 12.3 Å². The highest BCUT2D eigenvalue weighted by Crippen LogP contribution is 2.18. The lowest BCUT2D eigenvalue weighted by Crippen LogP contribution is -2.34. The van der Waals surface area contributed by atoms with Crippen molar-refractivity contribution in [2.75, 3.05) is 6.54 Å². The molecule has 0 heterocycles. The third-order valence-electron chi connectivity index (χ3n) is 3.44. The minimum Gasteiger partial charge on any atom is -0.387 e. The predicted molar refractivity (Wildman–Crippen MR) is 91.6 cm³/mol. The first-order valence-corrected chi connectivity index (χ1v) is 8.48. The quantitative estimate of drug-likeness (QED) is 0.817. The van der Waals surface area contributed by atoms with Gasteiger partial charge in [0.2, 0.25) is 5.91 Å². The van der Waals surface area contributed by atoms with E-state index in [1.807, 2.05) is 37.3 Å². The molecule has 2 atom stereocenters. The number of carbonyl (C=O) groups excluding carboxylic acids is 1. The summed E-state index contributed by atoms with van der Waals surface area (Å²) < 4.78 is 12.8. The Morgan fingerprint density at radius 3 is 2.48 bits per heavy atom. The smallest absolute Gasteiger partial charge is 0.232 e. The number of benzene rings is 2. The van der Waals surface area contributed by atoms with Crippen LogP contribution >= 0.6 is 11.8 Å². The maximum absolute atomic E-state index is 12.8. The van der Waals surface area contributed by atoms with Crippen LogP contribution in [0.15, 0.2) is 54.6 Å². The second-order valence-corrected chi connectivity index (χ2v) is 6.58. The predicted octanol–water partition coefficient (Wildman–Crippen LogP) is 3.30. The lowest BCUT2D eigenvalue weighted by atomic mass is 10.1. The van der Waals surface area contributed by atoms with Crippen LogP contribution in [0.3, 0.4) is 0 Å². The van der Waals surface area contributed by atoms with Gasteiger partial charge >= 0.3 is 0 Å². The topological polar surface area (TPSA) is 49.3 Å². The van der Waals surface area contributed by atoms with E-state index in [2.05, 4.69) is 5.32 Å². The molecule has 2 aromatic carbocycles. The van der Waals surface area contributed by atoms with Gasteiger partial charge in [-0.3, -0.25) is 4.79 Å². The summed E-state index contributed by atoms with van der Waals surface area (Å²) in [6.45, 7) is 1.95. The van der Waals surface area contributed by atoms with Crippen molar-refractivity contribution < 1.29 is 14.3 Å². The van der Waals surface area contributed by atoms with Crippen LogP contribution in [0.4, 0.5) is 4.39 Å². The Morgan fingerprint density at radius 2 is 1.83 bits per heavy atom. The monoisotopic (exact) mass is 333 g/mol. The number of carbonyl (C=O) groups is 1. The van der Waals surface area contributed by atoms with Gasteiger partial charge in [0.05, 0.1) is 11.4 Å². The third-order valence-corrected chi connectivity index (χ3v) is 4.65. The molecule has 2 aromatic rings. The van der Waals surface area contributed by atoms with Gasteiger partial charge in [-0.2, -0.15) is 0 Å².